The van der Waals surface area contributed by atoms with Crippen molar-refractivity contribution in [3.8, 4) is 17.0 Å². The molecular formula is C16H16N2O2. The van der Waals surface area contributed by atoms with E-state index in [0.29, 0.717) is 11.3 Å². The number of nitrogens with zero attached hydrogens (tertiary/aromatic N) is 1. The first-order valence-corrected chi connectivity index (χ1v) is 6.49. The van der Waals surface area contributed by atoms with E-state index in [2.05, 4.69) is 10.3 Å². The van der Waals surface area contributed by atoms with Crippen molar-refractivity contribution in [1.29, 1.82) is 0 Å². The van der Waals surface area contributed by atoms with E-state index in [-0.39, 0.29) is 5.91 Å². The predicted molar refractivity (Wildman–Crippen MR) is 76.7 cm³/mol. The van der Waals surface area contributed by atoms with Crippen molar-refractivity contribution in [2.24, 2.45) is 0 Å². The molecule has 0 aliphatic carbocycles. The second kappa shape index (κ2) is 4.34. The Labute approximate surface area is 117 Å². The van der Waals surface area contributed by atoms with Gasteiger partial charge in [-0.1, -0.05) is 6.07 Å². The number of ether oxygens (including phenoxy) is 1. The molecule has 1 aromatic carbocycles. The molecule has 2 aromatic rings. The van der Waals surface area contributed by atoms with E-state index >= 15 is 0 Å². The standard InChI is InChI=1S/C16H16N2O2/c1-16(2)14-11(13-6-4-5-7-17-13)8-10(20-3)9-12(14)15(19)18-16/h4-9H,1-3H3,(H,18,19). The molecule has 1 aromatic heterocycles. The van der Waals surface area contributed by atoms with Crippen LogP contribution in [0.1, 0.15) is 29.8 Å². The predicted octanol–water partition coefficient (Wildman–Crippen LogP) is 2.74. The lowest BCUT2D eigenvalue weighted by Crippen LogP contribution is -2.33. The molecular weight excluding hydrogens is 252 g/mol. The van der Waals surface area contributed by atoms with Gasteiger partial charge >= 0.3 is 0 Å². The smallest absolute Gasteiger partial charge is 0.252 e. The number of methoxy groups -OCH3 is 1. The number of nitrogens with one attached hydrogen (secondary N) is 1. The molecule has 0 atom stereocenters. The number of hydrogen-bond donors (Lipinski definition) is 1. The highest BCUT2D eigenvalue weighted by molar-refractivity contribution is 6.02. The summed E-state index contributed by atoms with van der Waals surface area (Å²) in [4.78, 5) is 16.5. The Balaban J connectivity index is 2.32. The highest BCUT2D eigenvalue weighted by Gasteiger charge is 2.38. The summed E-state index contributed by atoms with van der Waals surface area (Å²) in [5.74, 6) is 0.596. The minimum atomic E-state index is -0.411. The fraction of sp³-hybridized carbons (Fsp3) is 0.250. The molecule has 0 unspecified atom stereocenters. The van der Waals surface area contributed by atoms with E-state index in [1.807, 2.05) is 38.1 Å². The van der Waals surface area contributed by atoms with Crippen molar-refractivity contribution in [3.63, 3.8) is 0 Å². The topological polar surface area (TPSA) is 51.2 Å². The second-order valence-corrected chi connectivity index (χ2v) is 5.39. The van der Waals surface area contributed by atoms with Crippen LogP contribution >= 0.6 is 0 Å². The molecule has 0 radical (unpaired) electrons. The lowest BCUT2D eigenvalue weighted by molar-refractivity contribution is 0.0940. The summed E-state index contributed by atoms with van der Waals surface area (Å²) in [7, 11) is 1.60. The number of amides is 1. The van der Waals surface area contributed by atoms with Gasteiger partial charge < -0.3 is 10.1 Å². The van der Waals surface area contributed by atoms with Gasteiger partial charge in [0.1, 0.15) is 5.75 Å². The number of carbonyl (C=O) groups excluding carboxylic acids is 1. The summed E-state index contributed by atoms with van der Waals surface area (Å²) in [6.45, 7) is 3.99. The van der Waals surface area contributed by atoms with Crippen LogP contribution in [0, 0.1) is 0 Å². The molecule has 1 N–H and O–H groups in total. The zero-order valence-electron chi connectivity index (χ0n) is 11.7. The molecule has 1 amide bonds. The summed E-state index contributed by atoms with van der Waals surface area (Å²) >= 11 is 0. The average molecular weight is 268 g/mol. The van der Waals surface area contributed by atoms with E-state index < -0.39 is 5.54 Å². The summed E-state index contributed by atoms with van der Waals surface area (Å²) < 4.78 is 5.31. The van der Waals surface area contributed by atoms with Crippen LogP contribution in [0.4, 0.5) is 0 Å². The van der Waals surface area contributed by atoms with Crippen molar-refractivity contribution in [2.75, 3.05) is 7.11 Å². The minimum absolute atomic E-state index is 0.0684. The molecule has 0 bridgehead atoms. The van der Waals surface area contributed by atoms with Crippen molar-refractivity contribution in [1.82, 2.24) is 10.3 Å². The Kier molecular flexibility index (Phi) is 2.74. The van der Waals surface area contributed by atoms with Crippen LogP contribution in [0.2, 0.25) is 0 Å². The number of carbonyl (C=O) groups is 1. The van der Waals surface area contributed by atoms with Crippen LogP contribution in [0.25, 0.3) is 11.3 Å². The molecule has 4 heteroatoms. The Morgan fingerprint density at radius 2 is 1.95 bits per heavy atom. The van der Waals surface area contributed by atoms with Crippen LogP contribution in [0.3, 0.4) is 0 Å². The van der Waals surface area contributed by atoms with Gasteiger partial charge in [0, 0.05) is 17.3 Å². The molecule has 20 heavy (non-hydrogen) atoms. The first-order chi connectivity index (χ1) is 9.53. The maximum atomic E-state index is 12.1. The molecule has 0 saturated carbocycles. The third-order valence-electron chi connectivity index (χ3n) is 3.58. The Morgan fingerprint density at radius 3 is 2.60 bits per heavy atom. The van der Waals surface area contributed by atoms with E-state index in [4.69, 9.17) is 4.74 Å². The van der Waals surface area contributed by atoms with Gasteiger partial charge in [0.05, 0.1) is 18.3 Å². The molecule has 0 spiro atoms. The van der Waals surface area contributed by atoms with E-state index in [0.717, 1.165) is 16.8 Å². The van der Waals surface area contributed by atoms with Crippen molar-refractivity contribution in [2.45, 2.75) is 19.4 Å². The summed E-state index contributed by atoms with van der Waals surface area (Å²) in [6, 6.07) is 9.47. The third-order valence-corrected chi connectivity index (χ3v) is 3.58. The molecule has 4 nitrogen and oxygen atoms in total. The van der Waals surface area contributed by atoms with Gasteiger partial charge in [0.2, 0.25) is 0 Å². The summed E-state index contributed by atoms with van der Waals surface area (Å²) in [5.41, 5.74) is 3.00. The normalized spacial score (nSPS) is 15.7. The lowest BCUT2D eigenvalue weighted by Gasteiger charge is -2.22. The Hall–Kier alpha value is -2.36. The Morgan fingerprint density at radius 1 is 1.20 bits per heavy atom. The highest BCUT2D eigenvalue weighted by atomic mass is 16.5. The maximum Gasteiger partial charge on any atom is 0.252 e. The number of aromatic nitrogens is 1. The average Bonchev–Trinajstić information content (AvgIpc) is 2.69. The fourth-order valence-electron chi connectivity index (χ4n) is 2.72. The zero-order chi connectivity index (χ0) is 14.3. The van der Waals surface area contributed by atoms with Gasteiger partial charge in [-0.2, -0.15) is 0 Å². The summed E-state index contributed by atoms with van der Waals surface area (Å²) in [6.07, 6.45) is 1.75. The maximum absolute atomic E-state index is 12.1. The quantitative estimate of drug-likeness (QED) is 0.911. The summed E-state index contributed by atoms with van der Waals surface area (Å²) in [5, 5.41) is 3.00. The molecule has 0 fully saturated rings. The van der Waals surface area contributed by atoms with Crippen molar-refractivity contribution < 1.29 is 9.53 Å². The van der Waals surface area contributed by atoms with Gasteiger partial charge in [-0.25, -0.2) is 0 Å². The molecule has 102 valence electrons. The molecule has 1 aliphatic rings. The molecule has 3 rings (SSSR count). The number of pyridine rings is 1. The van der Waals surface area contributed by atoms with E-state index in [1.54, 1.807) is 19.4 Å². The minimum Gasteiger partial charge on any atom is -0.497 e. The van der Waals surface area contributed by atoms with Gasteiger partial charge in [-0.3, -0.25) is 9.78 Å². The number of rotatable bonds is 2. The van der Waals surface area contributed by atoms with Crippen LogP contribution in [-0.2, 0) is 5.54 Å². The zero-order valence-corrected chi connectivity index (χ0v) is 11.7. The second-order valence-electron chi connectivity index (χ2n) is 5.39. The SMILES string of the molecule is COc1cc2c(c(-c3ccccn3)c1)C(C)(C)NC2=O. The van der Waals surface area contributed by atoms with E-state index in [1.165, 1.54) is 0 Å². The number of fused-ring (bicyclic) bond motifs is 1. The number of hydrogen-bond acceptors (Lipinski definition) is 3. The Bertz CT molecular complexity index is 678. The van der Waals surface area contributed by atoms with Crippen molar-refractivity contribution >= 4 is 5.91 Å². The molecule has 1 aliphatic heterocycles. The van der Waals surface area contributed by atoms with Crippen LogP contribution < -0.4 is 10.1 Å². The van der Waals surface area contributed by atoms with Gasteiger partial charge in [-0.15, -0.1) is 0 Å². The monoisotopic (exact) mass is 268 g/mol. The van der Waals surface area contributed by atoms with Gasteiger partial charge in [0.25, 0.3) is 5.91 Å². The molecule has 0 saturated heterocycles. The first-order valence-electron chi connectivity index (χ1n) is 6.49. The highest BCUT2D eigenvalue weighted by Crippen LogP contribution is 2.40. The first kappa shape index (κ1) is 12.7. The van der Waals surface area contributed by atoms with Crippen LogP contribution in [0.5, 0.6) is 5.75 Å². The lowest BCUT2D eigenvalue weighted by atomic mass is 9.88. The van der Waals surface area contributed by atoms with E-state index in [9.17, 15) is 4.79 Å². The van der Waals surface area contributed by atoms with Gasteiger partial charge in [0.15, 0.2) is 0 Å². The van der Waals surface area contributed by atoms with Gasteiger partial charge in [-0.05, 0) is 43.7 Å². The van der Waals surface area contributed by atoms with Crippen molar-refractivity contribution in [3.05, 3.63) is 47.7 Å². The third kappa shape index (κ3) is 1.84. The van der Waals surface area contributed by atoms with Crippen LogP contribution in [-0.4, -0.2) is 18.0 Å². The molecule has 2 heterocycles. The largest absolute Gasteiger partial charge is 0.497 e. The van der Waals surface area contributed by atoms with Crippen LogP contribution in [0.15, 0.2) is 36.5 Å². The fourth-order valence-corrected chi connectivity index (χ4v) is 2.72. The number of benzene rings is 1.